The molecule has 0 aliphatic rings. The second-order valence-electron chi connectivity index (χ2n) is 4.64. The molecule has 0 atom stereocenters. The minimum atomic E-state index is -0.515. The van der Waals surface area contributed by atoms with Crippen molar-refractivity contribution in [1.82, 2.24) is 0 Å². The summed E-state index contributed by atoms with van der Waals surface area (Å²) < 4.78 is 0. The van der Waals surface area contributed by atoms with E-state index in [1.807, 2.05) is 6.92 Å². The highest BCUT2D eigenvalue weighted by Gasteiger charge is 2.13. The molecule has 2 aromatic carbocycles. The maximum atomic E-state index is 11.0. The molecule has 0 saturated heterocycles. The molecule has 0 aromatic heterocycles. The van der Waals surface area contributed by atoms with Crippen LogP contribution in [0.15, 0.2) is 47.6 Å². The number of hydrogen-bond donors (Lipinski definition) is 1. The van der Waals surface area contributed by atoms with E-state index in [4.69, 9.17) is 0 Å². The van der Waals surface area contributed by atoms with Crippen molar-refractivity contribution in [3.8, 4) is 0 Å². The number of hydrazone groups is 1. The first kappa shape index (κ1) is 16.1. The van der Waals surface area contributed by atoms with E-state index in [-0.39, 0.29) is 17.1 Å². The highest BCUT2D eigenvalue weighted by atomic mass is 16.6. The van der Waals surface area contributed by atoms with Crippen molar-refractivity contribution in [2.75, 3.05) is 5.43 Å². The molecule has 8 nitrogen and oxygen atoms in total. The number of aryl methyl sites for hydroxylation is 1. The van der Waals surface area contributed by atoms with Crippen molar-refractivity contribution >= 4 is 23.3 Å². The predicted molar refractivity (Wildman–Crippen MR) is 86.8 cm³/mol. The van der Waals surface area contributed by atoms with Gasteiger partial charge >= 0.3 is 0 Å². The molecule has 2 rings (SSSR count). The average molecular weight is 314 g/mol. The van der Waals surface area contributed by atoms with E-state index in [1.165, 1.54) is 24.4 Å². The van der Waals surface area contributed by atoms with Gasteiger partial charge in [-0.15, -0.1) is 0 Å². The number of para-hydroxylation sites is 2. The molecule has 0 fully saturated rings. The van der Waals surface area contributed by atoms with Gasteiger partial charge in [0.05, 0.1) is 16.1 Å². The molecule has 0 spiro atoms. The fourth-order valence-electron chi connectivity index (χ4n) is 2.03. The molecule has 0 heterocycles. The van der Waals surface area contributed by atoms with E-state index in [9.17, 15) is 20.2 Å². The Labute approximate surface area is 131 Å². The van der Waals surface area contributed by atoms with E-state index in [0.29, 0.717) is 17.5 Å². The first-order valence-corrected chi connectivity index (χ1v) is 6.82. The molecule has 118 valence electrons. The second kappa shape index (κ2) is 7.12. The Kier molecular flexibility index (Phi) is 4.98. The molecule has 23 heavy (non-hydrogen) atoms. The van der Waals surface area contributed by atoms with Crippen molar-refractivity contribution in [2.24, 2.45) is 5.10 Å². The van der Waals surface area contributed by atoms with Gasteiger partial charge in [0, 0.05) is 23.3 Å². The predicted octanol–water partition coefficient (Wildman–Crippen LogP) is 3.51. The van der Waals surface area contributed by atoms with Gasteiger partial charge in [0.1, 0.15) is 5.69 Å². The highest BCUT2D eigenvalue weighted by Crippen LogP contribution is 2.23. The van der Waals surface area contributed by atoms with Crippen LogP contribution in [-0.2, 0) is 6.42 Å². The Balaban J connectivity index is 2.20. The zero-order valence-corrected chi connectivity index (χ0v) is 12.3. The fraction of sp³-hybridized carbons (Fsp3) is 0.133. The van der Waals surface area contributed by atoms with Crippen LogP contribution >= 0.6 is 0 Å². The number of nitrogens with one attached hydrogen (secondary N) is 1. The number of nitro benzene ring substituents is 2. The molecule has 0 radical (unpaired) electrons. The highest BCUT2D eigenvalue weighted by molar-refractivity contribution is 5.82. The van der Waals surface area contributed by atoms with E-state index < -0.39 is 9.85 Å². The monoisotopic (exact) mass is 314 g/mol. The molecule has 0 aliphatic heterocycles. The first-order chi connectivity index (χ1) is 11.0. The Hall–Kier alpha value is -3.29. The molecule has 1 N–H and O–H groups in total. The summed E-state index contributed by atoms with van der Waals surface area (Å²) in [6.45, 7) is 1.84. The Morgan fingerprint density at radius 2 is 1.78 bits per heavy atom. The van der Waals surface area contributed by atoms with E-state index in [0.717, 1.165) is 0 Å². The lowest BCUT2D eigenvalue weighted by molar-refractivity contribution is -0.385. The van der Waals surface area contributed by atoms with Crippen molar-refractivity contribution in [2.45, 2.75) is 13.3 Å². The van der Waals surface area contributed by atoms with Gasteiger partial charge < -0.3 is 0 Å². The van der Waals surface area contributed by atoms with Gasteiger partial charge in [-0.2, -0.15) is 5.10 Å². The van der Waals surface area contributed by atoms with Gasteiger partial charge in [0.2, 0.25) is 0 Å². The lowest BCUT2D eigenvalue weighted by Gasteiger charge is -2.02. The number of benzene rings is 2. The lowest BCUT2D eigenvalue weighted by Crippen LogP contribution is -1.98. The van der Waals surface area contributed by atoms with Crippen molar-refractivity contribution < 1.29 is 9.85 Å². The maximum absolute atomic E-state index is 11.0. The van der Waals surface area contributed by atoms with Crippen LogP contribution in [0.1, 0.15) is 18.1 Å². The Bertz CT molecular complexity index is 774. The van der Waals surface area contributed by atoms with Gasteiger partial charge in [0.15, 0.2) is 0 Å². The summed E-state index contributed by atoms with van der Waals surface area (Å²) in [6.07, 6.45) is 1.94. The molecule has 0 saturated carbocycles. The Morgan fingerprint density at radius 3 is 2.43 bits per heavy atom. The van der Waals surface area contributed by atoms with E-state index >= 15 is 0 Å². The molecular weight excluding hydrogens is 300 g/mol. The van der Waals surface area contributed by atoms with Gasteiger partial charge in [-0.05, 0) is 12.5 Å². The zero-order chi connectivity index (χ0) is 16.8. The molecule has 0 amide bonds. The molecule has 0 aliphatic carbocycles. The van der Waals surface area contributed by atoms with E-state index in [2.05, 4.69) is 10.5 Å². The summed E-state index contributed by atoms with van der Waals surface area (Å²) in [7, 11) is 0. The quantitative estimate of drug-likeness (QED) is 0.498. The average Bonchev–Trinajstić information content (AvgIpc) is 2.55. The molecule has 0 bridgehead atoms. The van der Waals surface area contributed by atoms with Crippen LogP contribution < -0.4 is 5.43 Å². The number of nitro groups is 2. The van der Waals surface area contributed by atoms with Crippen LogP contribution in [0.25, 0.3) is 0 Å². The molecular formula is C15H14N4O4. The fourth-order valence-corrected chi connectivity index (χ4v) is 2.03. The van der Waals surface area contributed by atoms with Crippen LogP contribution in [0, 0.1) is 20.2 Å². The van der Waals surface area contributed by atoms with Crippen LogP contribution in [0.4, 0.5) is 17.1 Å². The second-order valence-corrected chi connectivity index (χ2v) is 4.64. The topological polar surface area (TPSA) is 111 Å². The third-order valence-corrected chi connectivity index (χ3v) is 3.19. The first-order valence-electron chi connectivity index (χ1n) is 6.82. The number of rotatable bonds is 6. The van der Waals surface area contributed by atoms with Crippen LogP contribution in [0.3, 0.4) is 0 Å². The smallest absolute Gasteiger partial charge is 0.272 e. The number of nitrogens with zero attached hydrogens (tertiary/aromatic N) is 3. The third kappa shape index (κ3) is 3.88. The standard InChI is InChI=1S/C15H14N4O4/c1-2-12-8-7-11(9-15(12)19(22)23)10-16-17-13-5-3-4-6-14(13)18(20)21/h3-10,17H,2H2,1H3/b16-10-. The zero-order valence-electron chi connectivity index (χ0n) is 12.3. The van der Waals surface area contributed by atoms with E-state index in [1.54, 1.807) is 24.3 Å². The number of hydrogen-bond acceptors (Lipinski definition) is 6. The van der Waals surface area contributed by atoms with Crippen LogP contribution in [-0.4, -0.2) is 16.1 Å². The SMILES string of the molecule is CCc1ccc(/C=N\Nc2ccccc2[N+](=O)[O-])cc1[N+](=O)[O-]. The van der Waals surface area contributed by atoms with Gasteiger partial charge in [-0.1, -0.05) is 31.2 Å². The minimum Gasteiger partial charge on any atom is -0.272 e. The largest absolute Gasteiger partial charge is 0.294 e. The summed E-state index contributed by atoms with van der Waals surface area (Å²) in [5, 5.41) is 25.8. The summed E-state index contributed by atoms with van der Waals surface area (Å²) in [5.41, 5.74) is 3.92. The van der Waals surface area contributed by atoms with Crippen molar-refractivity contribution in [3.05, 3.63) is 73.8 Å². The summed E-state index contributed by atoms with van der Waals surface area (Å²) in [4.78, 5) is 20.9. The number of anilines is 1. The van der Waals surface area contributed by atoms with Crippen molar-refractivity contribution in [3.63, 3.8) is 0 Å². The third-order valence-electron chi connectivity index (χ3n) is 3.19. The Morgan fingerprint density at radius 1 is 1.09 bits per heavy atom. The van der Waals surface area contributed by atoms with Gasteiger partial charge in [-0.25, -0.2) is 0 Å². The molecule has 8 heteroatoms. The minimum absolute atomic E-state index is 0.0298. The van der Waals surface area contributed by atoms with Crippen LogP contribution in [0.2, 0.25) is 0 Å². The summed E-state index contributed by atoms with van der Waals surface area (Å²) in [6, 6.07) is 10.9. The normalized spacial score (nSPS) is 10.7. The molecule has 2 aromatic rings. The van der Waals surface area contributed by atoms with Gasteiger partial charge in [-0.3, -0.25) is 25.7 Å². The summed E-state index contributed by atoms with van der Waals surface area (Å²) in [5.74, 6) is 0. The summed E-state index contributed by atoms with van der Waals surface area (Å²) >= 11 is 0. The maximum Gasteiger partial charge on any atom is 0.294 e. The van der Waals surface area contributed by atoms with Gasteiger partial charge in [0.25, 0.3) is 11.4 Å². The van der Waals surface area contributed by atoms with Crippen LogP contribution in [0.5, 0.6) is 0 Å². The lowest BCUT2D eigenvalue weighted by atomic mass is 10.1. The van der Waals surface area contributed by atoms with Crippen molar-refractivity contribution in [1.29, 1.82) is 0 Å². The molecule has 0 unspecified atom stereocenters.